The Labute approximate surface area is 98.5 Å². The molecular weight excluding hydrogens is 198 g/mol. The van der Waals surface area contributed by atoms with Crippen molar-refractivity contribution in [2.75, 3.05) is 0 Å². The minimum absolute atomic E-state index is 0.333. The van der Waals surface area contributed by atoms with E-state index in [9.17, 15) is 5.11 Å². The molecule has 0 bridgehead atoms. The van der Waals surface area contributed by atoms with Gasteiger partial charge < -0.3 is 10.8 Å². The molecule has 0 aliphatic heterocycles. The molecule has 0 aliphatic rings. The summed E-state index contributed by atoms with van der Waals surface area (Å²) in [5, 5.41) is 9.83. The normalized spacial score (nSPS) is 14.2. The van der Waals surface area contributed by atoms with Crippen LogP contribution in [-0.4, -0.2) is 10.7 Å². The molecule has 1 unspecified atom stereocenters. The molecule has 0 radical (unpaired) electrons. The average molecular weight is 221 g/mol. The van der Waals surface area contributed by atoms with E-state index in [4.69, 9.17) is 5.73 Å². The van der Waals surface area contributed by atoms with Gasteiger partial charge in [-0.2, -0.15) is 0 Å². The largest absolute Gasteiger partial charge is 0.388 e. The predicted octanol–water partition coefficient (Wildman–Crippen LogP) is 2.66. The lowest BCUT2D eigenvalue weighted by Gasteiger charge is -2.26. The molecule has 0 spiro atoms. The Morgan fingerprint density at radius 2 is 1.69 bits per heavy atom. The van der Waals surface area contributed by atoms with Gasteiger partial charge in [-0.15, -0.1) is 0 Å². The summed E-state index contributed by atoms with van der Waals surface area (Å²) in [4.78, 5) is 0. The van der Waals surface area contributed by atoms with Gasteiger partial charge in [0.1, 0.15) is 0 Å². The minimum atomic E-state index is -0.875. The maximum Gasteiger partial charge on any atom is 0.0783 e. The van der Waals surface area contributed by atoms with Crippen molar-refractivity contribution >= 4 is 0 Å². The number of nitrogens with two attached hydrogens (primary N) is 1. The molecule has 0 heterocycles. The van der Waals surface area contributed by atoms with Gasteiger partial charge in [-0.05, 0) is 37.3 Å². The molecule has 1 aromatic carbocycles. The van der Waals surface area contributed by atoms with E-state index >= 15 is 0 Å². The zero-order valence-electron chi connectivity index (χ0n) is 10.7. The summed E-state index contributed by atoms with van der Waals surface area (Å²) >= 11 is 0. The van der Waals surface area contributed by atoms with Crippen molar-refractivity contribution in [2.24, 2.45) is 11.7 Å². The van der Waals surface area contributed by atoms with E-state index in [1.165, 1.54) is 5.56 Å². The van der Waals surface area contributed by atoms with Crippen LogP contribution in [0.1, 0.15) is 44.9 Å². The standard InChI is InChI=1S/C14H23NO/c1-10(2)9-11-5-7-12(8-6-11)13(15)14(3,4)16/h5-8,10,13,16H,9,15H2,1-4H3. The fraction of sp³-hybridized carbons (Fsp3) is 0.571. The Morgan fingerprint density at radius 3 is 2.06 bits per heavy atom. The molecule has 1 aromatic rings. The van der Waals surface area contributed by atoms with Crippen molar-refractivity contribution in [3.8, 4) is 0 Å². The van der Waals surface area contributed by atoms with E-state index in [0.717, 1.165) is 12.0 Å². The van der Waals surface area contributed by atoms with Gasteiger partial charge in [0.2, 0.25) is 0 Å². The van der Waals surface area contributed by atoms with Gasteiger partial charge in [0.05, 0.1) is 11.6 Å². The Kier molecular flexibility index (Phi) is 4.11. The first-order valence-corrected chi connectivity index (χ1v) is 5.87. The Balaban J connectivity index is 2.79. The van der Waals surface area contributed by atoms with Crippen LogP contribution in [0.5, 0.6) is 0 Å². The monoisotopic (exact) mass is 221 g/mol. The van der Waals surface area contributed by atoms with Crippen molar-refractivity contribution < 1.29 is 5.11 Å². The molecule has 0 fully saturated rings. The molecular formula is C14H23NO. The molecule has 0 amide bonds. The molecule has 2 nitrogen and oxygen atoms in total. The Morgan fingerprint density at radius 1 is 1.19 bits per heavy atom. The third-order valence-electron chi connectivity index (χ3n) is 2.74. The van der Waals surface area contributed by atoms with Gasteiger partial charge in [0.25, 0.3) is 0 Å². The zero-order chi connectivity index (χ0) is 12.3. The summed E-state index contributed by atoms with van der Waals surface area (Å²) in [7, 11) is 0. The molecule has 0 aliphatic carbocycles. The second-order valence-corrected chi connectivity index (χ2v) is 5.47. The minimum Gasteiger partial charge on any atom is -0.388 e. The van der Waals surface area contributed by atoms with Crippen LogP contribution in [0, 0.1) is 5.92 Å². The van der Waals surface area contributed by atoms with Crippen molar-refractivity contribution in [1.82, 2.24) is 0 Å². The van der Waals surface area contributed by atoms with Gasteiger partial charge in [-0.25, -0.2) is 0 Å². The molecule has 2 heteroatoms. The lowest BCUT2D eigenvalue weighted by atomic mass is 9.91. The first kappa shape index (κ1) is 13.2. The van der Waals surface area contributed by atoms with Crippen LogP contribution in [0.4, 0.5) is 0 Å². The maximum atomic E-state index is 9.83. The lowest BCUT2D eigenvalue weighted by molar-refractivity contribution is 0.0517. The molecule has 3 N–H and O–H groups in total. The van der Waals surface area contributed by atoms with Crippen LogP contribution in [0.2, 0.25) is 0 Å². The SMILES string of the molecule is CC(C)Cc1ccc(C(N)C(C)(C)O)cc1. The molecule has 90 valence electrons. The van der Waals surface area contributed by atoms with E-state index in [-0.39, 0.29) is 6.04 Å². The second-order valence-electron chi connectivity index (χ2n) is 5.47. The Bertz CT molecular complexity index is 322. The summed E-state index contributed by atoms with van der Waals surface area (Å²) in [5.41, 5.74) is 7.41. The van der Waals surface area contributed by atoms with Crippen LogP contribution in [0.15, 0.2) is 24.3 Å². The van der Waals surface area contributed by atoms with Crippen LogP contribution >= 0.6 is 0 Å². The number of aliphatic hydroxyl groups is 1. The van der Waals surface area contributed by atoms with Gasteiger partial charge in [0, 0.05) is 0 Å². The smallest absolute Gasteiger partial charge is 0.0783 e. The summed E-state index contributed by atoms with van der Waals surface area (Å²) < 4.78 is 0. The van der Waals surface area contributed by atoms with E-state index in [1.807, 2.05) is 12.1 Å². The summed E-state index contributed by atoms with van der Waals surface area (Å²) in [6.07, 6.45) is 1.08. The predicted molar refractivity (Wildman–Crippen MR) is 68.2 cm³/mol. The molecule has 1 atom stereocenters. The highest BCUT2D eigenvalue weighted by atomic mass is 16.3. The fourth-order valence-electron chi connectivity index (χ4n) is 1.74. The van der Waals surface area contributed by atoms with Crippen LogP contribution in [-0.2, 0) is 6.42 Å². The Hall–Kier alpha value is -0.860. The summed E-state index contributed by atoms with van der Waals surface area (Å²) in [5.74, 6) is 0.661. The van der Waals surface area contributed by atoms with Crippen LogP contribution in [0.25, 0.3) is 0 Å². The zero-order valence-corrected chi connectivity index (χ0v) is 10.7. The summed E-state index contributed by atoms with van der Waals surface area (Å²) in [6.45, 7) is 7.88. The van der Waals surface area contributed by atoms with Crippen LogP contribution < -0.4 is 5.73 Å². The van der Waals surface area contributed by atoms with Crippen molar-refractivity contribution in [2.45, 2.75) is 45.8 Å². The first-order chi connectivity index (χ1) is 7.30. The highest BCUT2D eigenvalue weighted by Gasteiger charge is 2.24. The van der Waals surface area contributed by atoms with Crippen molar-refractivity contribution in [1.29, 1.82) is 0 Å². The number of benzene rings is 1. The van der Waals surface area contributed by atoms with E-state index in [0.29, 0.717) is 5.92 Å². The topological polar surface area (TPSA) is 46.2 Å². The lowest BCUT2D eigenvalue weighted by Crippen LogP contribution is -2.35. The van der Waals surface area contributed by atoms with E-state index < -0.39 is 5.60 Å². The highest BCUT2D eigenvalue weighted by Crippen LogP contribution is 2.23. The van der Waals surface area contributed by atoms with Crippen LogP contribution in [0.3, 0.4) is 0 Å². The van der Waals surface area contributed by atoms with Gasteiger partial charge in [-0.3, -0.25) is 0 Å². The fourth-order valence-corrected chi connectivity index (χ4v) is 1.74. The molecule has 16 heavy (non-hydrogen) atoms. The highest BCUT2D eigenvalue weighted by molar-refractivity contribution is 5.26. The molecule has 0 aromatic heterocycles. The number of hydrogen-bond donors (Lipinski definition) is 2. The third kappa shape index (κ3) is 3.62. The quantitative estimate of drug-likeness (QED) is 0.821. The average Bonchev–Trinajstić information content (AvgIpc) is 2.15. The van der Waals surface area contributed by atoms with Gasteiger partial charge in [-0.1, -0.05) is 38.1 Å². The molecule has 0 saturated carbocycles. The van der Waals surface area contributed by atoms with Gasteiger partial charge >= 0.3 is 0 Å². The summed E-state index contributed by atoms with van der Waals surface area (Å²) in [6, 6.07) is 7.89. The maximum absolute atomic E-state index is 9.83. The van der Waals surface area contributed by atoms with E-state index in [2.05, 4.69) is 26.0 Å². The molecule has 1 rings (SSSR count). The first-order valence-electron chi connectivity index (χ1n) is 5.87. The second kappa shape index (κ2) is 4.98. The number of rotatable bonds is 4. The molecule has 0 saturated heterocycles. The van der Waals surface area contributed by atoms with Crippen molar-refractivity contribution in [3.63, 3.8) is 0 Å². The van der Waals surface area contributed by atoms with Gasteiger partial charge in [0.15, 0.2) is 0 Å². The van der Waals surface area contributed by atoms with Crippen molar-refractivity contribution in [3.05, 3.63) is 35.4 Å². The number of hydrogen-bond acceptors (Lipinski definition) is 2. The third-order valence-corrected chi connectivity index (χ3v) is 2.74. The van der Waals surface area contributed by atoms with E-state index in [1.54, 1.807) is 13.8 Å².